The number of hydrogen-bond acceptors (Lipinski definition) is 4. The van der Waals surface area contributed by atoms with E-state index in [0.717, 1.165) is 24.2 Å². The van der Waals surface area contributed by atoms with Crippen molar-refractivity contribution in [3.8, 4) is 0 Å². The van der Waals surface area contributed by atoms with Crippen LogP contribution in [0.15, 0.2) is 22.9 Å². The summed E-state index contributed by atoms with van der Waals surface area (Å²) in [6, 6.07) is 4.13. The second-order valence-electron chi connectivity index (χ2n) is 3.55. The third-order valence-electron chi connectivity index (χ3n) is 2.19. The summed E-state index contributed by atoms with van der Waals surface area (Å²) in [6.07, 6.45) is 3.39. The van der Waals surface area contributed by atoms with Crippen molar-refractivity contribution in [1.82, 2.24) is 0 Å². The summed E-state index contributed by atoms with van der Waals surface area (Å²) in [5.41, 5.74) is 13.1. The van der Waals surface area contributed by atoms with E-state index in [1.165, 1.54) is 16.2 Å². The Balaban J connectivity index is 1.80. The third-order valence-corrected chi connectivity index (χ3v) is 4.22. The number of nitrogen functional groups attached to an aromatic ring is 2. The van der Waals surface area contributed by atoms with E-state index in [2.05, 4.69) is 12.1 Å². The molecule has 0 aromatic carbocycles. The lowest BCUT2D eigenvalue weighted by Gasteiger charge is -1.95. The van der Waals surface area contributed by atoms with E-state index in [0.29, 0.717) is 0 Å². The Bertz CT molecular complexity index is 391. The molecule has 0 aliphatic heterocycles. The van der Waals surface area contributed by atoms with Gasteiger partial charge >= 0.3 is 0 Å². The Labute approximate surface area is 97.5 Å². The molecule has 4 N–H and O–H groups in total. The van der Waals surface area contributed by atoms with Gasteiger partial charge in [0.1, 0.15) is 0 Å². The van der Waals surface area contributed by atoms with Gasteiger partial charge in [0.05, 0.1) is 0 Å². The fraction of sp³-hybridized carbons (Fsp3) is 0.273. The largest absolute Gasteiger partial charge is 0.398 e. The highest BCUT2D eigenvalue weighted by Gasteiger charge is 2.00. The van der Waals surface area contributed by atoms with E-state index in [-0.39, 0.29) is 0 Å². The smallest absolute Gasteiger partial charge is 0.0425 e. The van der Waals surface area contributed by atoms with Crippen molar-refractivity contribution in [2.45, 2.75) is 19.3 Å². The monoisotopic (exact) mass is 238 g/mol. The van der Waals surface area contributed by atoms with Crippen LogP contribution in [0.25, 0.3) is 0 Å². The number of anilines is 2. The predicted molar refractivity (Wildman–Crippen MR) is 69.5 cm³/mol. The molecule has 2 rings (SSSR count). The fourth-order valence-corrected chi connectivity index (χ4v) is 3.14. The molecule has 0 bridgehead atoms. The molecule has 2 aromatic heterocycles. The number of rotatable bonds is 4. The SMILES string of the molecule is Nc1csc(CCCc2cc(N)cs2)c1. The topological polar surface area (TPSA) is 52.0 Å². The first-order valence-electron chi connectivity index (χ1n) is 4.90. The molecule has 0 amide bonds. The molecule has 2 nitrogen and oxygen atoms in total. The van der Waals surface area contributed by atoms with Gasteiger partial charge in [-0.05, 0) is 31.4 Å². The molecular formula is C11H14N2S2. The Morgan fingerprint density at radius 1 is 0.867 bits per heavy atom. The van der Waals surface area contributed by atoms with Gasteiger partial charge in [0.2, 0.25) is 0 Å². The van der Waals surface area contributed by atoms with E-state index in [9.17, 15) is 0 Å². The molecule has 2 heterocycles. The molecule has 0 aliphatic carbocycles. The summed E-state index contributed by atoms with van der Waals surface area (Å²) in [7, 11) is 0. The van der Waals surface area contributed by atoms with Crippen LogP contribution in [-0.4, -0.2) is 0 Å². The van der Waals surface area contributed by atoms with Gasteiger partial charge in [0.15, 0.2) is 0 Å². The number of aryl methyl sites for hydroxylation is 2. The fourth-order valence-electron chi connectivity index (χ4n) is 1.49. The highest BCUT2D eigenvalue weighted by molar-refractivity contribution is 7.10. The Morgan fingerprint density at radius 2 is 1.33 bits per heavy atom. The van der Waals surface area contributed by atoms with Crippen molar-refractivity contribution in [3.63, 3.8) is 0 Å². The maximum Gasteiger partial charge on any atom is 0.0425 e. The zero-order valence-corrected chi connectivity index (χ0v) is 10.0. The maximum atomic E-state index is 5.66. The standard InChI is InChI=1S/C11H14N2S2/c12-8-4-10(14-6-8)2-1-3-11-5-9(13)7-15-11/h4-7H,1-3,12-13H2. The number of thiophene rings is 2. The van der Waals surface area contributed by atoms with Gasteiger partial charge in [0, 0.05) is 31.9 Å². The molecule has 15 heavy (non-hydrogen) atoms. The van der Waals surface area contributed by atoms with E-state index in [1.54, 1.807) is 22.7 Å². The van der Waals surface area contributed by atoms with E-state index < -0.39 is 0 Å². The lowest BCUT2D eigenvalue weighted by Crippen LogP contribution is -1.85. The van der Waals surface area contributed by atoms with Crippen LogP contribution in [-0.2, 0) is 12.8 Å². The quantitative estimate of drug-likeness (QED) is 0.859. The molecule has 0 atom stereocenters. The molecule has 2 aromatic rings. The highest BCUT2D eigenvalue weighted by Crippen LogP contribution is 2.21. The Kier molecular flexibility index (Phi) is 3.28. The summed E-state index contributed by atoms with van der Waals surface area (Å²) in [5, 5.41) is 4.00. The van der Waals surface area contributed by atoms with Crippen LogP contribution < -0.4 is 11.5 Å². The summed E-state index contributed by atoms with van der Waals surface area (Å²) < 4.78 is 0. The van der Waals surface area contributed by atoms with Gasteiger partial charge in [0.25, 0.3) is 0 Å². The molecular weight excluding hydrogens is 224 g/mol. The van der Waals surface area contributed by atoms with Gasteiger partial charge in [-0.25, -0.2) is 0 Å². The van der Waals surface area contributed by atoms with Crippen LogP contribution >= 0.6 is 22.7 Å². The van der Waals surface area contributed by atoms with Crippen LogP contribution in [0.3, 0.4) is 0 Å². The van der Waals surface area contributed by atoms with Crippen LogP contribution in [0, 0.1) is 0 Å². The van der Waals surface area contributed by atoms with Crippen molar-refractivity contribution in [1.29, 1.82) is 0 Å². The van der Waals surface area contributed by atoms with Gasteiger partial charge in [-0.1, -0.05) is 0 Å². The Morgan fingerprint density at radius 3 is 1.67 bits per heavy atom. The molecule has 0 fully saturated rings. The lowest BCUT2D eigenvalue weighted by atomic mass is 10.2. The summed E-state index contributed by atoms with van der Waals surface area (Å²) in [6.45, 7) is 0. The number of hydrogen-bond donors (Lipinski definition) is 2. The van der Waals surface area contributed by atoms with Crippen LogP contribution in [0.5, 0.6) is 0 Å². The normalized spacial score (nSPS) is 10.7. The summed E-state index contributed by atoms with van der Waals surface area (Å²) in [5.74, 6) is 0. The Hall–Kier alpha value is -1.000. The van der Waals surface area contributed by atoms with Crippen molar-refractivity contribution < 1.29 is 0 Å². The molecule has 0 saturated heterocycles. The average Bonchev–Trinajstić information content (AvgIpc) is 2.76. The molecule has 4 heteroatoms. The van der Waals surface area contributed by atoms with Crippen LogP contribution in [0.1, 0.15) is 16.2 Å². The van der Waals surface area contributed by atoms with Crippen molar-refractivity contribution >= 4 is 34.0 Å². The highest BCUT2D eigenvalue weighted by atomic mass is 32.1. The molecule has 0 unspecified atom stereocenters. The summed E-state index contributed by atoms with van der Waals surface area (Å²) in [4.78, 5) is 2.74. The predicted octanol–water partition coefficient (Wildman–Crippen LogP) is 3.15. The van der Waals surface area contributed by atoms with E-state index in [4.69, 9.17) is 11.5 Å². The minimum atomic E-state index is 0.885. The van der Waals surface area contributed by atoms with Gasteiger partial charge in [-0.2, -0.15) is 0 Å². The van der Waals surface area contributed by atoms with Gasteiger partial charge < -0.3 is 11.5 Å². The zero-order chi connectivity index (χ0) is 10.7. The zero-order valence-electron chi connectivity index (χ0n) is 8.40. The summed E-state index contributed by atoms with van der Waals surface area (Å²) >= 11 is 3.49. The molecule has 0 aliphatic rings. The van der Waals surface area contributed by atoms with Crippen LogP contribution in [0.2, 0.25) is 0 Å². The van der Waals surface area contributed by atoms with Gasteiger partial charge in [-0.15, -0.1) is 22.7 Å². The van der Waals surface area contributed by atoms with E-state index >= 15 is 0 Å². The van der Waals surface area contributed by atoms with Crippen LogP contribution in [0.4, 0.5) is 11.4 Å². The second kappa shape index (κ2) is 4.68. The van der Waals surface area contributed by atoms with E-state index in [1.807, 2.05) is 10.8 Å². The molecule has 0 radical (unpaired) electrons. The van der Waals surface area contributed by atoms with Crippen molar-refractivity contribution in [2.24, 2.45) is 0 Å². The first kappa shape index (κ1) is 10.5. The molecule has 0 saturated carbocycles. The average molecular weight is 238 g/mol. The molecule has 80 valence electrons. The first-order valence-corrected chi connectivity index (χ1v) is 6.66. The molecule has 0 spiro atoms. The third kappa shape index (κ3) is 2.97. The maximum absolute atomic E-state index is 5.66. The minimum absolute atomic E-state index is 0.885. The van der Waals surface area contributed by atoms with Crippen molar-refractivity contribution in [3.05, 3.63) is 32.6 Å². The van der Waals surface area contributed by atoms with Crippen molar-refractivity contribution in [2.75, 3.05) is 11.5 Å². The minimum Gasteiger partial charge on any atom is -0.398 e. The van der Waals surface area contributed by atoms with Gasteiger partial charge in [-0.3, -0.25) is 0 Å². The second-order valence-corrected chi connectivity index (χ2v) is 5.54. The lowest BCUT2D eigenvalue weighted by molar-refractivity contribution is 0.842. The number of nitrogens with two attached hydrogens (primary N) is 2. The first-order chi connectivity index (χ1) is 7.24.